The van der Waals surface area contributed by atoms with Crippen LogP contribution in [0.1, 0.15) is 30.9 Å². The van der Waals surface area contributed by atoms with Crippen molar-refractivity contribution in [1.82, 2.24) is 25.0 Å². The first kappa shape index (κ1) is 20.9. The first-order chi connectivity index (χ1) is 12.8. The van der Waals surface area contributed by atoms with Crippen LogP contribution in [0.25, 0.3) is 0 Å². The maximum absolute atomic E-state index is 12.8. The molecule has 0 aromatic carbocycles. The van der Waals surface area contributed by atoms with Gasteiger partial charge in [0.05, 0.1) is 25.5 Å². The normalized spacial score (nSPS) is 12.9. The highest BCUT2D eigenvalue weighted by Gasteiger charge is 2.41. The molecule has 2 rings (SSSR count). The number of carbonyl (C=O) groups is 1. The Balaban J connectivity index is 2.18. The number of aliphatic carboxylic acids is 1. The molecule has 3 N–H and O–H groups in total. The molecule has 2 aromatic heterocycles. The smallest absolute Gasteiger partial charge is 0.345 e. The summed E-state index contributed by atoms with van der Waals surface area (Å²) in [5.74, 6) is -0.395. The number of hydrogen-bond acceptors (Lipinski definition) is 9. The highest BCUT2D eigenvalue weighted by molar-refractivity contribution is 7.55. The van der Waals surface area contributed by atoms with E-state index in [0.717, 1.165) is 0 Å². The second kappa shape index (κ2) is 9.03. The Morgan fingerprint density at radius 1 is 1.37 bits per heavy atom. The van der Waals surface area contributed by atoms with E-state index in [-0.39, 0.29) is 26.2 Å². The minimum atomic E-state index is -3.84. The van der Waals surface area contributed by atoms with Gasteiger partial charge in [0.2, 0.25) is 0 Å². The van der Waals surface area contributed by atoms with E-state index in [1.165, 1.54) is 4.68 Å². The molecule has 2 aromatic rings. The van der Waals surface area contributed by atoms with Crippen LogP contribution in [0.2, 0.25) is 0 Å². The van der Waals surface area contributed by atoms with E-state index in [0.29, 0.717) is 22.9 Å². The molecule has 0 saturated carbocycles. The zero-order chi connectivity index (χ0) is 20.0. The number of anilines is 1. The lowest BCUT2D eigenvalue weighted by Gasteiger charge is -2.22. The minimum Gasteiger partial charge on any atom is -0.481 e. The van der Waals surface area contributed by atoms with Crippen molar-refractivity contribution >= 4 is 19.4 Å². The van der Waals surface area contributed by atoms with E-state index < -0.39 is 19.2 Å². The zero-order valence-corrected chi connectivity index (χ0v) is 16.3. The highest BCUT2D eigenvalue weighted by Crippen LogP contribution is 2.54. The first-order valence-corrected chi connectivity index (χ1v) is 9.98. The van der Waals surface area contributed by atoms with E-state index in [4.69, 9.17) is 14.8 Å². The predicted molar refractivity (Wildman–Crippen MR) is 96.3 cm³/mol. The third kappa shape index (κ3) is 5.31. The van der Waals surface area contributed by atoms with Crippen LogP contribution in [-0.2, 0) is 31.4 Å². The molecule has 148 valence electrons. The molecule has 1 atom stereocenters. The standard InChI is InChI=1S/C15H23N6O5P/c1-4-25-27(24,26-5-2)13(15(22)23)6-12-9-21(20-19-12)8-11-7-17-10(3)18-14(11)16/h7,9,13H,4-6,8H2,1-3H3,(H,22,23)(H2,16,17,18). The van der Waals surface area contributed by atoms with Gasteiger partial charge in [-0.3, -0.25) is 9.36 Å². The summed E-state index contributed by atoms with van der Waals surface area (Å²) >= 11 is 0. The second-order valence-electron chi connectivity index (χ2n) is 5.67. The molecule has 0 aliphatic heterocycles. The van der Waals surface area contributed by atoms with E-state index in [1.54, 1.807) is 33.2 Å². The quantitative estimate of drug-likeness (QED) is 0.559. The lowest BCUT2D eigenvalue weighted by atomic mass is 10.2. The molecular formula is C15H23N6O5P. The highest BCUT2D eigenvalue weighted by atomic mass is 31.2. The molecule has 0 aliphatic rings. The van der Waals surface area contributed by atoms with Crippen molar-refractivity contribution in [1.29, 1.82) is 0 Å². The number of rotatable bonds is 10. The average molecular weight is 398 g/mol. The van der Waals surface area contributed by atoms with Gasteiger partial charge in [-0.2, -0.15) is 0 Å². The third-order valence-corrected chi connectivity index (χ3v) is 6.03. The topological polar surface area (TPSA) is 155 Å². The summed E-state index contributed by atoms with van der Waals surface area (Å²) in [6, 6.07) is 0. The number of carboxylic acid groups (broad SMARTS) is 1. The molecule has 1 unspecified atom stereocenters. The molecule has 0 bridgehead atoms. The minimum absolute atomic E-state index is 0.0699. The van der Waals surface area contributed by atoms with Crippen molar-refractivity contribution in [2.75, 3.05) is 18.9 Å². The van der Waals surface area contributed by atoms with Crippen molar-refractivity contribution < 1.29 is 23.5 Å². The number of nitrogens with two attached hydrogens (primary N) is 1. The maximum atomic E-state index is 12.8. The first-order valence-electron chi connectivity index (χ1n) is 8.37. The van der Waals surface area contributed by atoms with Gasteiger partial charge in [0.15, 0.2) is 5.66 Å². The number of aryl methyl sites for hydroxylation is 1. The number of nitrogens with zero attached hydrogens (tertiary/aromatic N) is 5. The molecule has 12 heteroatoms. The van der Waals surface area contributed by atoms with Crippen LogP contribution >= 0.6 is 7.60 Å². The Morgan fingerprint density at radius 2 is 2.04 bits per heavy atom. The van der Waals surface area contributed by atoms with Gasteiger partial charge in [-0.15, -0.1) is 5.10 Å². The van der Waals surface area contributed by atoms with E-state index >= 15 is 0 Å². The van der Waals surface area contributed by atoms with Gasteiger partial charge < -0.3 is 19.9 Å². The number of carboxylic acids is 1. The summed E-state index contributed by atoms with van der Waals surface area (Å²) in [7, 11) is -3.84. The van der Waals surface area contributed by atoms with Gasteiger partial charge >= 0.3 is 13.6 Å². The van der Waals surface area contributed by atoms with Gasteiger partial charge in [0.25, 0.3) is 0 Å². The summed E-state index contributed by atoms with van der Waals surface area (Å²) < 4.78 is 24.6. The van der Waals surface area contributed by atoms with Crippen molar-refractivity contribution in [3.63, 3.8) is 0 Å². The molecule has 0 amide bonds. The van der Waals surface area contributed by atoms with Crippen LogP contribution in [0.5, 0.6) is 0 Å². The Labute approximate surface area is 156 Å². The van der Waals surface area contributed by atoms with Gasteiger partial charge in [0, 0.05) is 24.4 Å². The number of nitrogen functional groups attached to an aromatic ring is 1. The van der Waals surface area contributed by atoms with Crippen molar-refractivity contribution in [2.45, 2.75) is 39.4 Å². The fraction of sp³-hybridized carbons (Fsp3) is 0.533. The van der Waals surface area contributed by atoms with Gasteiger partial charge in [-0.25, -0.2) is 14.6 Å². The fourth-order valence-electron chi connectivity index (χ4n) is 2.43. The second-order valence-corrected chi connectivity index (χ2v) is 7.89. The van der Waals surface area contributed by atoms with Gasteiger partial charge in [0.1, 0.15) is 11.6 Å². The molecule has 0 aliphatic carbocycles. The van der Waals surface area contributed by atoms with Crippen LogP contribution in [0.15, 0.2) is 12.4 Å². The summed E-state index contributed by atoms with van der Waals surface area (Å²) in [5, 5.41) is 17.4. The molecule has 0 spiro atoms. The Bertz CT molecular complexity index is 832. The largest absolute Gasteiger partial charge is 0.481 e. The van der Waals surface area contributed by atoms with E-state index in [2.05, 4.69) is 20.3 Å². The molecule has 2 heterocycles. The zero-order valence-electron chi connectivity index (χ0n) is 15.4. The Kier molecular flexibility index (Phi) is 7.00. The van der Waals surface area contributed by atoms with E-state index in [9.17, 15) is 14.5 Å². The summed E-state index contributed by atoms with van der Waals surface area (Å²) in [4.78, 5) is 19.8. The fourth-order valence-corrected chi connectivity index (χ4v) is 4.26. The molecule has 0 saturated heterocycles. The lowest BCUT2D eigenvalue weighted by Crippen LogP contribution is -2.26. The van der Waals surface area contributed by atoms with Crippen LogP contribution in [-0.4, -0.2) is 54.9 Å². The van der Waals surface area contributed by atoms with Crippen LogP contribution in [0.4, 0.5) is 5.82 Å². The maximum Gasteiger partial charge on any atom is 0.345 e. The average Bonchev–Trinajstić information content (AvgIpc) is 3.02. The Hall–Kier alpha value is -2.36. The number of aromatic nitrogens is 5. The number of hydrogen-bond donors (Lipinski definition) is 2. The van der Waals surface area contributed by atoms with E-state index in [1.807, 2.05) is 0 Å². The van der Waals surface area contributed by atoms with Crippen molar-refractivity contribution in [3.05, 3.63) is 29.5 Å². The molecular weight excluding hydrogens is 375 g/mol. The summed E-state index contributed by atoms with van der Waals surface area (Å²) in [5.41, 5.74) is 5.48. The lowest BCUT2D eigenvalue weighted by molar-refractivity contribution is -0.137. The molecule has 0 radical (unpaired) electrons. The molecule has 27 heavy (non-hydrogen) atoms. The molecule has 11 nitrogen and oxygen atoms in total. The van der Waals surface area contributed by atoms with Crippen LogP contribution in [0.3, 0.4) is 0 Å². The predicted octanol–water partition coefficient (Wildman–Crippen LogP) is 1.27. The van der Waals surface area contributed by atoms with Crippen LogP contribution in [0, 0.1) is 6.92 Å². The summed E-state index contributed by atoms with van der Waals surface area (Å²) in [6.07, 6.45) is 3.00. The Morgan fingerprint density at radius 3 is 2.59 bits per heavy atom. The van der Waals surface area contributed by atoms with Gasteiger partial charge in [-0.05, 0) is 20.8 Å². The van der Waals surface area contributed by atoms with Crippen LogP contribution < -0.4 is 5.73 Å². The SMILES string of the molecule is CCOP(=O)(OCC)C(Cc1cn(Cc2cnc(C)nc2N)nn1)C(=O)O. The third-order valence-electron chi connectivity index (χ3n) is 3.62. The van der Waals surface area contributed by atoms with Crippen molar-refractivity contribution in [2.24, 2.45) is 0 Å². The van der Waals surface area contributed by atoms with Crippen molar-refractivity contribution in [3.8, 4) is 0 Å². The monoisotopic (exact) mass is 398 g/mol. The summed E-state index contributed by atoms with van der Waals surface area (Å²) in [6.45, 7) is 5.38. The molecule has 0 fully saturated rings. The van der Waals surface area contributed by atoms with Gasteiger partial charge in [-0.1, -0.05) is 5.21 Å².